The highest BCUT2D eigenvalue weighted by Crippen LogP contribution is 2.30. The SMILES string of the molecule is COC(=O)C[C@H](c1ccc([N+](=O)[O-])cc1)[C@H](NC(=O)c1c2ccccc2nc2ccccc12)C(=O)OC. The summed E-state index contributed by atoms with van der Waals surface area (Å²) >= 11 is 0. The number of aromatic nitrogens is 1. The van der Waals surface area contributed by atoms with E-state index in [1.54, 1.807) is 36.4 Å². The number of para-hydroxylation sites is 2. The molecule has 0 fully saturated rings. The zero-order chi connectivity index (χ0) is 26.5. The molecule has 1 heterocycles. The van der Waals surface area contributed by atoms with Crippen LogP contribution >= 0.6 is 0 Å². The fourth-order valence-corrected chi connectivity index (χ4v) is 4.28. The number of pyridine rings is 1. The predicted molar refractivity (Wildman–Crippen MR) is 135 cm³/mol. The van der Waals surface area contributed by atoms with Gasteiger partial charge in [-0.2, -0.15) is 0 Å². The van der Waals surface area contributed by atoms with Gasteiger partial charge in [-0.3, -0.25) is 19.7 Å². The number of carbonyl (C=O) groups is 3. The lowest BCUT2D eigenvalue weighted by Gasteiger charge is -2.26. The molecule has 1 N–H and O–H groups in total. The molecule has 37 heavy (non-hydrogen) atoms. The number of benzene rings is 3. The van der Waals surface area contributed by atoms with Crippen molar-refractivity contribution in [3.8, 4) is 0 Å². The Morgan fingerprint density at radius 2 is 1.46 bits per heavy atom. The molecule has 0 saturated heterocycles. The summed E-state index contributed by atoms with van der Waals surface area (Å²) in [7, 11) is 2.37. The molecule has 0 spiro atoms. The lowest BCUT2D eigenvalue weighted by molar-refractivity contribution is -0.384. The zero-order valence-corrected chi connectivity index (χ0v) is 20.0. The third-order valence-corrected chi connectivity index (χ3v) is 6.11. The van der Waals surface area contributed by atoms with E-state index in [1.165, 1.54) is 38.5 Å². The Balaban J connectivity index is 1.81. The molecule has 10 nitrogen and oxygen atoms in total. The number of carbonyl (C=O) groups excluding carboxylic acids is 3. The van der Waals surface area contributed by atoms with Crippen LogP contribution in [0.5, 0.6) is 0 Å². The van der Waals surface area contributed by atoms with Crippen molar-refractivity contribution in [3.63, 3.8) is 0 Å². The van der Waals surface area contributed by atoms with Gasteiger partial charge in [-0.15, -0.1) is 0 Å². The molecule has 0 aliphatic carbocycles. The van der Waals surface area contributed by atoms with E-state index in [9.17, 15) is 24.5 Å². The van der Waals surface area contributed by atoms with Gasteiger partial charge < -0.3 is 14.8 Å². The maximum atomic E-state index is 13.8. The number of hydrogen-bond donors (Lipinski definition) is 1. The van der Waals surface area contributed by atoms with E-state index in [0.717, 1.165) is 0 Å². The summed E-state index contributed by atoms with van der Waals surface area (Å²) in [5, 5.41) is 15.0. The van der Waals surface area contributed by atoms with Gasteiger partial charge in [0.05, 0.1) is 42.2 Å². The summed E-state index contributed by atoms with van der Waals surface area (Å²) in [6.07, 6.45) is -0.286. The number of nitrogens with zero attached hydrogens (tertiary/aromatic N) is 2. The van der Waals surface area contributed by atoms with Crippen molar-refractivity contribution in [3.05, 3.63) is 94.0 Å². The Morgan fingerprint density at radius 3 is 1.97 bits per heavy atom. The number of fused-ring (bicyclic) bond motifs is 2. The Bertz CT molecular complexity index is 1450. The highest BCUT2D eigenvalue weighted by Gasteiger charge is 2.35. The van der Waals surface area contributed by atoms with Gasteiger partial charge in [0.15, 0.2) is 0 Å². The van der Waals surface area contributed by atoms with Crippen LogP contribution in [0.4, 0.5) is 5.69 Å². The summed E-state index contributed by atoms with van der Waals surface area (Å²) in [5.41, 5.74) is 1.77. The summed E-state index contributed by atoms with van der Waals surface area (Å²) in [4.78, 5) is 54.2. The molecule has 0 bridgehead atoms. The van der Waals surface area contributed by atoms with Crippen LogP contribution in [-0.4, -0.2) is 48.0 Å². The second-order valence-electron chi connectivity index (χ2n) is 8.23. The van der Waals surface area contributed by atoms with Crippen LogP contribution in [0, 0.1) is 10.1 Å². The number of rotatable bonds is 8. The molecule has 4 rings (SSSR count). The Morgan fingerprint density at radius 1 is 0.892 bits per heavy atom. The summed E-state index contributed by atoms with van der Waals surface area (Å²) < 4.78 is 9.79. The number of nitro groups is 1. The normalized spacial score (nSPS) is 12.5. The summed E-state index contributed by atoms with van der Waals surface area (Å²) in [5.74, 6) is -2.92. The standard InChI is InChI=1S/C27H23N3O7/c1-36-23(31)15-20(16-11-13-17(14-12-16)30(34)35)25(27(33)37-2)29-26(32)24-18-7-3-5-9-21(18)28-22-10-6-4-8-19(22)24/h3-14,20,25H,15H2,1-2H3,(H,29,32)/t20-,25+/m1/s1. The van der Waals surface area contributed by atoms with Crippen molar-refractivity contribution in [1.82, 2.24) is 10.3 Å². The summed E-state index contributed by atoms with van der Waals surface area (Å²) in [6.45, 7) is 0. The molecule has 0 aliphatic rings. The zero-order valence-electron chi connectivity index (χ0n) is 20.0. The predicted octanol–water partition coefficient (Wildman–Crippen LogP) is 3.91. The first-order valence-corrected chi connectivity index (χ1v) is 11.3. The second-order valence-corrected chi connectivity index (χ2v) is 8.23. The molecule has 0 radical (unpaired) electrons. The average molecular weight is 501 g/mol. The van der Waals surface area contributed by atoms with Crippen LogP contribution in [0.1, 0.15) is 28.3 Å². The first kappa shape index (κ1) is 25.2. The summed E-state index contributed by atoms with van der Waals surface area (Å²) in [6, 6.07) is 18.4. The Labute approximate surface area is 211 Å². The fraction of sp³-hybridized carbons (Fsp3) is 0.185. The third-order valence-electron chi connectivity index (χ3n) is 6.11. The number of methoxy groups -OCH3 is 2. The average Bonchev–Trinajstić information content (AvgIpc) is 2.92. The minimum absolute atomic E-state index is 0.158. The molecule has 3 aromatic carbocycles. The monoisotopic (exact) mass is 501 g/mol. The maximum Gasteiger partial charge on any atom is 0.329 e. The molecule has 1 aromatic heterocycles. The van der Waals surface area contributed by atoms with Gasteiger partial charge >= 0.3 is 11.9 Å². The van der Waals surface area contributed by atoms with Gasteiger partial charge in [0.1, 0.15) is 6.04 Å². The Hall–Kier alpha value is -4.86. The van der Waals surface area contributed by atoms with Crippen molar-refractivity contribution in [1.29, 1.82) is 0 Å². The molecule has 0 unspecified atom stereocenters. The smallest absolute Gasteiger partial charge is 0.329 e. The number of non-ortho nitro benzene ring substituents is 1. The third kappa shape index (κ3) is 5.22. The molecule has 10 heteroatoms. The van der Waals surface area contributed by atoms with Crippen LogP contribution in [-0.2, 0) is 19.1 Å². The molecule has 2 atom stereocenters. The van der Waals surface area contributed by atoms with Crippen molar-refractivity contribution < 1.29 is 28.8 Å². The highest BCUT2D eigenvalue weighted by atomic mass is 16.6. The van der Waals surface area contributed by atoms with Crippen molar-refractivity contribution in [2.75, 3.05) is 14.2 Å². The van der Waals surface area contributed by atoms with Crippen LogP contribution in [0.25, 0.3) is 21.8 Å². The lowest BCUT2D eigenvalue weighted by atomic mass is 9.87. The van der Waals surface area contributed by atoms with Crippen LogP contribution in [0.15, 0.2) is 72.8 Å². The minimum atomic E-state index is -1.30. The van der Waals surface area contributed by atoms with Gasteiger partial charge in [-0.1, -0.05) is 48.5 Å². The molecular formula is C27H23N3O7. The van der Waals surface area contributed by atoms with Gasteiger partial charge in [0.25, 0.3) is 11.6 Å². The number of amides is 1. The van der Waals surface area contributed by atoms with E-state index < -0.39 is 34.7 Å². The largest absolute Gasteiger partial charge is 0.469 e. The van der Waals surface area contributed by atoms with E-state index in [0.29, 0.717) is 32.9 Å². The first-order valence-electron chi connectivity index (χ1n) is 11.3. The van der Waals surface area contributed by atoms with Crippen molar-refractivity contribution in [2.45, 2.75) is 18.4 Å². The van der Waals surface area contributed by atoms with E-state index in [4.69, 9.17) is 9.47 Å². The molecule has 1 amide bonds. The van der Waals surface area contributed by atoms with Crippen LogP contribution in [0.3, 0.4) is 0 Å². The van der Waals surface area contributed by atoms with Crippen molar-refractivity contribution >= 4 is 45.3 Å². The molecule has 0 saturated carbocycles. The van der Waals surface area contributed by atoms with E-state index in [2.05, 4.69) is 10.3 Å². The molecule has 188 valence electrons. The quantitative estimate of drug-likeness (QED) is 0.166. The maximum absolute atomic E-state index is 13.8. The number of nitrogens with one attached hydrogen (secondary N) is 1. The molecular weight excluding hydrogens is 478 g/mol. The van der Waals surface area contributed by atoms with Gasteiger partial charge in [-0.05, 0) is 17.7 Å². The van der Waals surface area contributed by atoms with Crippen LogP contribution in [0.2, 0.25) is 0 Å². The highest BCUT2D eigenvalue weighted by molar-refractivity contribution is 6.16. The van der Waals surface area contributed by atoms with Gasteiger partial charge in [0, 0.05) is 28.8 Å². The first-order chi connectivity index (χ1) is 17.8. The number of ether oxygens (including phenoxy) is 2. The number of nitro benzene ring substituents is 1. The molecule has 4 aromatic rings. The lowest BCUT2D eigenvalue weighted by Crippen LogP contribution is -2.46. The number of esters is 2. The van der Waals surface area contributed by atoms with Crippen LogP contribution < -0.4 is 5.32 Å². The minimum Gasteiger partial charge on any atom is -0.469 e. The topological polar surface area (TPSA) is 138 Å². The van der Waals surface area contributed by atoms with E-state index >= 15 is 0 Å². The van der Waals surface area contributed by atoms with E-state index in [-0.39, 0.29) is 12.1 Å². The fourth-order valence-electron chi connectivity index (χ4n) is 4.28. The van der Waals surface area contributed by atoms with Crippen molar-refractivity contribution in [2.24, 2.45) is 0 Å². The molecule has 0 aliphatic heterocycles. The van der Waals surface area contributed by atoms with Gasteiger partial charge in [-0.25, -0.2) is 9.78 Å². The number of hydrogen-bond acceptors (Lipinski definition) is 8. The van der Waals surface area contributed by atoms with Gasteiger partial charge in [0.2, 0.25) is 0 Å². The Kier molecular flexibility index (Phi) is 7.38. The van der Waals surface area contributed by atoms with E-state index in [1.807, 2.05) is 12.1 Å². The second kappa shape index (κ2) is 10.8.